The summed E-state index contributed by atoms with van der Waals surface area (Å²) in [5.41, 5.74) is 1.42. The topological polar surface area (TPSA) is 0 Å². The van der Waals surface area contributed by atoms with Crippen molar-refractivity contribution in [2.45, 2.75) is 26.7 Å². The Kier molecular flexibility index (Phi) is 8.35. The second-order valence-corrected chi connectivity index (χ2v) is 3.20. The molecule has 0 aliphatic heterocycles. The highest BCUT2D eigenvalue weighted by atomic mass is 32.1. The average molecular weight is 182 g/mol. The Morgan fingerprint density at radius 1 is 1.25 bits per heavy atom. The monoisotopic (exact) mass is 182 g/mol. The van der Waals surface area contributed by atoms with Crippen molar-refractivity contribution in [3.05, 3.63) is 36.0 Å². The Balaban J connectivity index is 3.67. The van der Waals surface area contributed by atoms with Crippen molar-refractivity contribution in [2.24, 2.45) is 0 Å². The zero-order valence-electron chi connectivity index (χ0n) is 7.96. The molecule has 0 amide bonds. The van der Waals surface area contributed by atoms with Gasteiger partial charge in [-0.25, -0.2) is 0 Å². The zero-order valence-corrected chi connectivity index (χ0v) is 8.85. The van der Waals surface area contributed by atoms with E-state index in [9.17, 15) is 0 Å². The number of hydrogen-bond acceptors (Lipinski definition) is 1. The Hall–Kier alpha value is -0.430. The fourth-order valence-electron chi connectivity index (χ4n) is 0.836. The highest BCUT2D eigenvalue weighted by molar-refractivity contribution is 7.80. The number of rotatable bonds is 5. The molecule has 0 aliphatic rings. The molecule has 0 fully saturated rings. The SMILES string of the molecule is C/C=C/C=C/C=C(\C)CCCS. The Labute approximate surface area is 81.5 Å². The van der Waals surface area contributed by atoms with Crippen LogP contribution in [0.25, 0.3) is 0 Å². The zero-order chi connectivity index (χ0) is 9.23. The van der Waals surface area contributed by atoms with Crippen molar-refractivity contribution in [1.29, 1.82) is 0 Å². The van der Waals surface area contributed by atoms with E-state index in [1.807, 2.05) is 25.2 Å². The maximum absolute atomic E-state index is 4.16. The highest BCUT2D eigenvalue weighted by Gasteiger charge is 1.85. The third kappa shape index (κ3) is 7.67. The van der Waals surface area contributed by atoms with Crippen molar-refractivity contribution in [2.75, 3.05) is 5.75 Å². The van der Waals surface area contributed by atoms with E-state index in [1.54, 1.807) is 0 Å². The van der Waals surface area contributed by atoms with Crippen molar-refractivity contribution >= 4 is 12.6 Å². The fourth-order valence-corrected chi connectivity index (χ4v) is 0.994. The summed E-state index contributed by atoms with van der Waals surface area (Å²) in [4.78, 5) is 0. The lowest BCUT2D eigenvalue weighted by Crippen LogP contribution is -1.78. The van der Waals surface area contributed by atoms with Gasteiger partial charge in [-0.3, -0.25) is 0 Å². The quantitative estimate of drug-likeness (QED) is 0.485. The Bertz CT molecular complexity index is 175. The molecule has 0 aromatic rings. The maximum atomic E-state index is 4.16. The average Bonchev–Trinajstić information content (AvgIpc) is 2.09. The summed E-state index contributed by atoms with van der Waals surface area (Å²) in [6.07, 6.45) is 12.7. The summed E-state index contributed by atoms with van der Waals surface area (Å²) in [6.45, 7) is 4.17. The van der Waals surface area contributed by atoms with E-state index in [0.29, 0.717) is 0 Å². The molecule has 0 bridgehead atoms. The molecule has 0 saturated heterocycles. The molecule has 12 heavy (non-hydrogen) atoms. The van der Waals surface area contributed by atoms with Crippen molar-refractivity contribution in [3.8, 4) is 0 Å². The van der Waals surface area contributed by atoms with Gasteiger partial charge in [0.25, 0.3) is 0 Å². The van der Waals surface area contributed by atoms with Crippen LogP contribution >= 0.6 is 12.6 Å². The van der Waals surface area contributed by atoms with Crippen LogP contribution in [0.4, 0.5) is 0 Å². The van der Waals surface area contributed by atoms with Crippen LogP contribution in [0.15, 0.2) is 36.0 Å². The predicted molar refractivity (Wildman–Crippen MR) is 60.8 cm³/mol. The third-order valence-corrected chi connectivity index (χ3v) is 1.84. The third-order valence-electron chi connectivity index (χ3n) is 1.52. The van der Waals surface area contributed by atoms with Gasteiger partial charge in [-0.05, 0) is 32.4 Å². The summed E-state index contributed by atoms with van der Waals surface area (Å²) in [6, 6.07) is 0. The molecule has 0 aliphatic carbocycles. The second-order valence-electron chi connectivity index (χ2n) is 2.75. The summed E-state index contributed by atoms with van der Waals surface area (Å²) in [5, 5.41) is 0. The second kappa shape index (κ2) is 8.66. The lowest BCUT2D eigenvalue weighted by molar-refractivity contribution is 0.919. The summed E-state index contributed by atoms with van der Waals surface area (Å²) in [7, 11) is 0. The van der Waals surface area contributed by atoms with Crippen molar-refractivity contribution in [1.82, 2.24) is 0 Å². The molecule has 0 atom stereocenters. The molecule has 0 aromatic heterocycles. The van der Waals surface area contributed by atoms with E-state index in [-0.39, 0.29) is 0 Å². The van der Waals surface area contributed by atoms with Crippen LogP contribution in [0.5, 0.6) is 0 Å². The number of thiol groups is 1. The fraction of sp³-hybridized carbons (Fsp3) is 0.455. The molecule has 0 rings (SSSR count). The highest BCUT2D eigenvalue weighted by Crippen LogP contribution is 2.04. The van der Waals surface area contributed by atoms with Gasteiger partial charge in [0.15, 0.2) is 0 Å². The molecule has 0 nitrogen and oxygen atoms in total. The normalized spacial score (nSPS) is 13.4. The molecule has 0 saturated carbocycles. The van der Waals surface area contributed by atoms with Crippen LogP contribution in [-0.2, 0) is 0 Å². The van der Waals surface area contributed by atoms with Crippen molar-refractivity contribution < 1.29 is 0 Å². The standard InChI is InChI=1S/C11H18S/c1-3-4-5-6-8-11(2)9-7-10-12/h3-6,8,12H,7,9-10H2,1-2H3/b4-3+,6-5+,11-8+. The minimum atomic E-state index is 0.976. The summed E-state index contributed by atoms with van der Waals surface area (Å²) in [5.74, 6) is 0.976. The Morgan fingerprint density at radius 2 is 2.00 bits per heavy atom. The van der Waals surface area contributed by atoms with E-state index in [2.05, 4.69) is 31.7 Å². The van der Waals surface area contributed by atoms with Crippen LogP contribution in [-0.4, -0.2) is 5.75 Å². The first-order valence-corrected chi connectivity index (χ1v) is 5.00. The minimum Gasteiger partial charge on any atom is -0.179 e. The predicted octanol–water partition coefficient (Wildman–Crippen LogP) is 3.78. The first kappa shape index (κ1) is 11.6. The largest absolute Gasteiger partial charge is 0.179 e. The first-order valence-electron chi connectivity index (χ1n) is 4.37. The molecule has 1 heteroatoms. The molecule has 0 aromatic carbocycles. The number of hydrogen-bond donors (Lipinski definition) is 1. The van der Waals surface area contributed by atoms with Gasteiger partial charge in [0.2, 0.25) is 0 Å². The van der Waals surface area contributed by atoms with Crippen molar-refractivity contribution in [3.63, 3.8) is 0 Å². The molecule has 0 spiro atoms. The first-order chi connectivity index (χ1) is 5.81. The summed E-state index contributed by atoms with van der Waals surface area (Å²) >= 11 is 4.16. The Morgan fingerprint density at radius 3 is 2.58 bits per heavy atom. The lowest BCUT2D eigenvalue weighted by atomic mass is 10.1. The molecule has 0 radical (unpaired) electrons. The van der Waals surface area contributed by atoms with Gasteiger partial charge in [0.05, 0.1) is 0 Å². The van der Waals surface area contributed by atoms with E-state index in [4.69, 9.17) is 0 Å². The molecular weight excluding hydrogens is 164 g/mol. The molecular formula is C11H18S. The molecule has 0 unspecified atom stereocenters. The van der Waals surface area contributed by atoms with Gasteiger partial charge in [-0.15, -0.1) is 0 Å². The smallest absolute Gasteiger partial charge is 0.00949 e. The molecule has 0 N–H and O–H groups in total. The van der Waals surface area contributed by atoms with Crippen LogP contribution in [0.2, 0.25) is 0 Å². The van der Waals surface area contributed by atoms with Crippen LogP contribution in [0, 0.1) is 0 Å². The maximum Gasteiger partial charge on any atom is -0.00949 e. The molecule has 0 heterocycles. The van der Waals surface area contributed by atoms with E-state index < -0.39 is 0 Å². The van der Waals surface area contributed by atoms with Gasteiger partial charge in [-0.2, -0.15) is 12.6 Å². The number of allylic oxidation sites excluding steroid dienone is 6. The van der Waals surface area contributed by atoms with Crippen LogP contribution in [0.1, 0.15) is 26.7 Å². The van der Waals surface area contributed by atoms with E-state index in [1.165, 1.54) is 12.0 Å². The van der Waals surface area contributed by atoms with E-state index >= 15 is 0 Å². The van der Waals surface area contributed by atoms with Gasteiger partial charge in [-0.1, -0.05) is 36.0 Å². The van der Waals surface area contributed by atoms with Gasteiger partial charge >= 0.3 is 0 Å². The van der Waals surface area contributed by atoms with Gasteiger partial charge in [0, 0.05) is 0 Å². The van der Waals surface area contributed by atoms with Crippen LogP contribution < -0.4 is 0 Å². The minimum absolute atomic E-state index is 0.976. The summed E-state index contributed by atoms with van der Waals surface area (Å²) < 4.78 is 0. The van der Waals surface area contributed by atoms with E-state index in [0.717, 1.165) is 12.2 Å². The van der Waals surface area contributed by atoms with Gasteiger partial charge in [0.1, 0.15) is 0 Å². The lowest BCUT2D eigenvalue weighted by Gasteiger charge is -1.95. The van der Waals surface area contributed by atoms with Crippen LogP contribution in [0.3, 0.4) is 0 Å². The van der Waals surface area contributed by atoms with Gasteiger partial charge < -0.3 is 0 Å². The molecule has 68 valence electrons.